The normalized spacial score (nSPS) is 30.2. The zero-order chi connectivity index (χ0) is 11.6. The average Bonchev–Trinajstić information content (AvgIpc) is 2.69. The van der Waals surface area contributed by atoms with Crippen molar-refractivity contribution in [1.82, 2.24) is 4.67 Å². The van der Waals surface area contributed by atoms with Crippen LogP contribution in [0.2, 0.25) is 0 Å². The van der Waals surface area contributed by atoms with E-state index in [4.69, 9.17) is 13.3 Å². The van der Waals surface area contributed by atoms with Gasteiger partial charge in [0.15, 0.2) is 5.79 Å². The van der Waals surface area contributed by atoms with Gasteiger partial charge in [0.25, 0.3) is 5.97 Å². The van der Waals surface area contributed by atoms with E-state index in [1.165, 1.54) is 0 Å². The minimum atomic E-state index is -0.765. The lowest BCUT2D eigenvalue weighted by Crippen LogP contribution is -2.44. The van der Waals surface area contributed by atoms with Gasteiger partial charge in [0.2, 0.25) is 0 Å². The predicted octanol–water partition coefficient (Wildman–Crippen LogP) is -0.142. The molecule has 2 aliphatic heterocycles. The molecule has 2 aliphatic rings. The highest BCUT2D eigenvalue weighted by Crippen LogP contribution is 2.37. The van der Waals surface area contributed by atoms with Gasteiger partial charge >= 0.3 is 16.6 Å². The van der Waals surface area contributed by atoms with E-state index < -0.39 is 5.79 Å². The Bertz CT molecular complexity index is 272. The maximum atomic E-state index is 11.8. The molecule has 2 radical (unpaired) electrons. The Kier molecular flexibility index (Phi) is 4.23. The molecule has 7 heteroatoms. The van der Waals surface area contributed by atoms with Crippen molar-refractivity contribution in [2.75, 3.05) is 26.3 Å². The van der Waals surface area contributed by atoms with Gasteiger partial charge in [-0.05, 0) is 6.42 Å². The number of rotatable bonds is 1. The zero-order valence-electron chi connectivity index (χ0n) is 9.05. The van der Waals surface area contributed by atoms with Gasteiger partial charge in [-0.2, -0.15) is 0 Å². The zero-order valence-corrected chi connectivity index (χ0v) is 11.4. The number of hydrogen-bond acceptors (Lipinski definition) is 5. The third-order valence-electron chi connectivity index (χ3n) is 3.16. The molecule has 88 valence electrons. The lowest BCUT2D eigenvalue weighted by atomic mass is 9.93. The molecule has 0 amide bonds. The Balaban J connectivity index is 2.18. The summed E-state index contributed by atoms with van der Waals surface area (Å²) in [6, 6.07) is 0. The number of hydrogen-bond donors (Lipinski definition) is 0. The number of ether oxygens (including phenoxy) is 2. The Morgan fingerprint density at radius 2 is 2.12 bits per heavy atom. The van der Waals surface area contributed by atoms with Gasteiger partial charge in [0.05, 0.1) is 13.2 Å². The van der Waals surface area contributed by atoms with Gasteiger partial charge in [-0.15, -0.1) is 0 Å². The van der Waals surface area contributed by atoms with E-state index in [2.05, 4.69) is 14.1 Å². The minimum Gasteiger partial charge on any atom is -0.628 e. The summed E-state index contributed by atoms with van der Waals surface area (Å²) in [6.45, 7) is 2.77. The molecule has 0 aromatic heterocycles. The van der Waals surface area contributed by atoms with E-state index >= 15 is 0 Å². The lowest BCUT2D eigenvalue weighted by Gasteiger charge is -2.32. The number of nitrogens with zero attached hydrogens (tertiary/aromatic N) is 1. The molecule has 2 saturated heterocycles. The maximum Gasteiger partial charge on any atom is 0.484 e. The van der Waals surface area contributed by atoms with E-state index in [-0.39, 0.29) is 11.9 Å². The van der Waals surface area contributed by atoms with E-state index in [1.54, 1.807) is 0 Å². The monoisotopic (exact) mass is 259 g/mol. The number of carbonyl (C=O) groups excluding carboxylic acids is 1. The molecule has 2 atom stereocenters. The third kappa shape index (κ3) is 2.43. The molecule has 2 fully saturated rings. The van der Waals surface area contributed by atoms with Crippen LogP contribution in [0.5, 0.6) is 0 Å². The molecule has 2 unspecified atom stereocenters. The fraction of sp³-hybridized carbons (Fsp3) is 0.889. The fourth-order valence-electron chi connectivity index (χ4n) is 2.30. The summed E-state index contributed by atoms with van der Waals surface area (Å²) in [6.07, 6.45) is 1.39. The van der Waals surface area contributed by atoms with Crippen molar-refractivity contribution < 1.29 is 18.1 Å². The molecule has 0 saturated carbocycles. The van der Waals surface area contributed by atoms with Crippen molar-refractivity contribution in [1.29, 1.82) is 0 Å². The van der Waals surface area contributed by atoms with Gasteiger partial charge in [-0.1, -0.05) is 9.39 Å². The van der Waals surface area contributed by atoms with Gasteiger partial charge in [0.1, 0.15) is 5.92 Å². The quantitative estimate of drug-likeness (QED) is 0.484. The first-order chi connectivity index (χ1) is 7.68. The van der Waals surface area contributed by atoms with Gasteiger partial charge in [0, 0.05) is 19.5 Å². The molecule has 5 nitrogen and oxygen atoms in total. The topological polar surface area (TPSA) is 48.0 Å². The summed E-state index contributed by atoms with van der Waals surface area (Å²) in [4.78, 5) is 11.8. The maximum absolute atomic E-state index is 11.8. The van der Waals surface area contributed by atoms with Crippen molar-refractivity contribution in [3.8, 4) is 0 Å². The molecule has 1 spiro atoms. The van der Waals surface area contributed by atoms with Crippen LogP contribution < -0.4 is 0 Å². The summed E-state index contributed by atoms with van der Waals surface area (Å²) < 4.78 is 18.2. The van der Waals surface area contributed by atoms with E-state index in [0.29, 0.717) is 26.1 Å². The summed E-state index contributed by atoms with van der Waals surface area (Å²) in [5.74, 6) is -1.37. The summed E-state index contributed by atoms with van der Waals surface area (Å²) in [5, 5.41) is 0. The van der Waals surface area contributed by atoms with Crippen molar-refractivity contribution in [2.45, 2.75) is 18.6 Å². The van der Waals surface area contributed by atoms with Crippen LogP contribution in [0.25, 0.3) is 0 Å². The third-order valence-corrected chi connectivity index (χ3v) is 3.91. The Hall–Kier alpha value is 0.312. The van der Waals surface area contributed by atoms with E-state index in [1.807, 2.05) is 16.6 Å². The molecule has 2 heterocycles. The molecule has 0 aliphatic carbocycles. The fourth-order valence-corrected chi connectivity index (χ4v) is 2.74. The average molecular weight is 259 g/mol. The Labute approximate surface area is 106 Å². The molecule has 2 rings (SSSR count). The lowest BCUT2D eigenvalue weighted by molar-refractivity contribution is -0.206. The highest BCUT2D eigenvalue weighted by Gasteiger charge is 2.49. The first-order valence-electron chi connectivity index (χ1n) is 5.36. The van der Waals surface area contributed by atoms with Crippen LogP contribution in [0, 0.1) is 5.92 Å². The SMILES string of the molecule is O=C([O][Al])C1CCN(P)CCC12OCCO2. The molecular formula is C9H15AlNO4P. The molecule has 0 N–H and O–H groups in total. The Morgan fingerprint density at radius 1 is 1.44 bits per heavy atom. The second kappa shape index (κ2) is 5.31. The summed E-state index contributed by atoms with van der Waals surface area (Å²) in [5.41, 5.74) is 0. The van der Waals surface area contributed by atoms with Crippen molar-refractivity contribution >= 4 is 32.0 Å². The van der Waals surface area contributed by atoms with Crippen LogP contribution in [0.1, 0.15) is 12.8 Å². The molecular weight excluding hydrogens is 244 g/mol. The largest absolute Gasteiger partial charge is 0.628 e. The molecule has 0 aromatic rings. The highest BCUT2D eigenvalue weighted by atomic mass is 31.0. The van der Waals surface area contributed by atoms with Crippen molar-refractivity contribution in [3.05, 3.63) is 0 Å². The second-order valence-electron chi connectivity index (χ2n) is 4.07. The standard InChI is InChI=1S/C9H16NO4P.Al/c11-8(12)7-1-3-10(15)4-2-9(7)13-5-6-14-9;/h7H,1-6,15H2,(H,11,12);/q;+1/p-1. The smallest absolute Gasteiger partial charge is 0.484 e. The van der Waals surface area contributed by atoms with Crippen LogP contribution in [0.4, 0.5) is 0 Å². The van der Waals surface area contributed by atoms with Crippen molar-refractivity contribution in [2.24, 2.45) is 5.92 Å². The minimum absolute atomic E-state index is 0.271. The van der Waals surface area contributed by atoms with Crippen molar-refractivity contribution in [3.63, 3.8) is 0 Å². The van der Waals surface area contributed by atoms with Gasteiger partial charge in [-0.25, -0.2) is 0 Å². The highest BCUT2D eigenvalue weighted by molar-refractivity contribution is 7.13. The number of carbonyl (C=O) groups is 1. The molecule has 0 bridgehead atoms. The van der Waals surface area contributed by atoms with Gasteiger partial charge < -0.3 is 13.3 Å². The van der Waals surface area contributed by atoms with Crippen LogP contribution >= 0.6 is 9.39 Å². The van der Waals surface area contributed by atoms with E-state index in [9.17, 15) is 4.79 Å². The first kappa shape index (κ1) is 12.8. The van der Waals surface area contributed by atoms with E-state index in [0.717, 1.165) is 13.1 Å². The van der Waals surface area contributed by atoms with Crippen LogP contribution in [-0.4, -0.2) is 59.4 Å². The van der Waals surface area contributed by atoms with Gasteiger partial charge in [-0.3, -0.25) is 9.46 Å². The summed E-state index contributed by atoms with van der Waals surface area (Å²) in [7, 11) is 2.66. The molecule has 16 heavy (non-hydrogen) atoms. The summed E-state index contributed by atoms with van der Waals surface area (Å²) >= 11 is 2.00. The Morgan fingerprint density at radius 3 is 2.75 bits per heavy atom. The van der Waals surface area contributed by atoms with Crippen LogP contribution in [-0.2, 0) is 18.1 Å². The van der Waals surface area contributed by atoms with Crippen LogP contribution in [0.15, 0.2) is 0 Å². The predicted molar refractivity (Wildman–Crippen MR) is 60.5 cm³/mol. The first-order valence-corrected chi connectivity index (χ1v) is 6.35. The second-order valence-corrected chi connectivity index (χ2v) is 5.04. The molecule has 0 aromatic carbocycles. The van der Waals surface area contributed by atoms with Crippen LogP contribution in [0.3, 0.4) is 0 Å².